The highest BCUT2D eigenvalue weighted by Gasteiger charge is 2.14. The van der Waals surface area contributed by atoms with E-state index in [2.05, 4.69) is 37.5 Å². The Bertz CT molecular complexity index is 985. The lowest BCUT2D eigenvalue weighted by atomic mass is 9.95. The van der Waals surface area contributed by atoms with Crippen molar-refractivity contribution in [3.05, 3.63) is 64.9 Å². The largest absolute Gasteiger partial charge is 0.464 e. The van der Waals surface area contributed by atoms with Crippen LogP contribution >= 0.6 is 0 Å². The van der Waals surface area contributed by atoms with Gasteiger partial charge in [-0.3, -0.25) is 9.59 Å². The maximum absolute atomic E-state index is 12.5. The fraction of sp³-hybridized carbons (Fsp3) is 0.273. The topological polar surface area (TPSA) is 71.3 Å². The van der Waals surface area contributed by atoms with Crippen molar-refractivity contribution in [2.45, 2.75) is 33.1 Å². The van der Waals surface area contributed by atoms with Crippen LogP contribution in [0.2, 0.25) is 0 Å². The number of nitrogens with one attached hydrogen (secondary N) is 2. The number of anilines is 1. The zero-order chi connectivity index (χ0) is 19.6. The van der Waals surface area contributed by atoms with Gasteiger partial charge in [0.15, 0.2) is 0 Å². The van der Waals surface area contributed by atoms with Gasteiger partial charge in [0, 0.05) is 29.2 Å². The summed E-state index contributed by atoms with van der Waals surface area (Å²) in [6.07, 6.45) is 1.88. The van der Waals surface area contributed by atoms with E-state index in [-0.39, 0.29) is 18.2 Å². The summed E-state index contributed by atoms with van der Waals surface area (Å²) >= 11 is 0. The van der Waals surface area contributed by atoms with Crippen molar-refractivity contribution in [1.82, 2.24) is 5.32 Å². The van der Waals surface area contributed by atoms with Crippen LogP contribution in [-0.4, -0.2) is 18.9 Å². The van der Waals surface area contributed by atoms with Crippen LogP contribution in [-0.2, 0) is 11.2 Å². The van der Waals surface area contributed by atoms with E-state index in [1.807, 2.05) is 6.07 Å². The molecule has 3 aromatic rings. The fourth-order valence-electron chi connectivity index (χ4n) is 3.23. The normalized spacial score (nSPS) is 11.0. The number of carbonyl (C=O) groups excluding carboxylic acids is 2. The predicted molar refractivity (Wildman–Crippen MR) is 107 cm³/mol. The quantitative estimate of drug-likeness (QED) is 0.705. The van der Waals surface area contributed by atoms with E-state index in [1.54, 1.807) is 37.6 Å². The molecule has 140 valence electrons. The molecule has 0 unspecified atom stereocenters. The van der Waals surface area contributed by atoms with Crippen molar-refractivity contribution in [3.8, 4) is 0 Å². The highest BCUT2D eigenvalue weighted by molar-refractivity contribution is 5.97. The minimum Gasteiger partial charge on any atom is -0.464 e. The Morgan fingerprint density at radius 3 is 2.44 bits per heavy atom. The van der Waals surface area contributed by atoms with Crippen molar-refractivity contribution in [3.63, 3.8) is 0 Å². The SMILES string of the molecule is CNC(=O)c1ccc(NC(=O)Cc2coc3cc(C)c(C(C)C)cc23)cc1. The molecule has 0 spiro atoms. The summed E-state index contributed by atoms with van der Waals surface area (Å²) in [6.45, 7) is 6.39. The van der Waals surface area contributed by atoms with E-state index in [1.165, 1.54) is 11.1 Å². The second-order valence-corrected chi connectivity index (χ2v) is 7.00. The van der Waals surface area contributed by atoms with Gasteiger partial charge in [-0.05, 0) is 60.4 Å². The molecule has 1 heterocycles. The Balaban J connectivity index is 1.76. The van der Waals surface area contributed by atoms with Crippen LogP contribution in [0.1, 0.15) is 46.8 Å². The van der Waals surface area contributed by atoms with Crippen molar-refractivity contribution >= 4 is 28.5 Å². The Labute approximate surface area is 158 Å². The lowest BCUT2D eigenvalue weighted by Gasteiger charge is -2.10. The van der Waals surface area contributed by atoms with Gasteiger partial charge in [0.25, 0.3) is 5.91 Å². The lowest BCUT2D eigenvalue weighted by Crippen LogP contribution is -2.18. The fourth-order valence-corrected chi connectivity index (χ4v) is 3.23. The summed E-state index contributed by atoms with van der Waals surface area (Å²) in [5.74, 6) is 0.121. The number of fused-ring (bicyclic) bond motifs is 1. The average molecular weight is 364 g/mol. The molecule has 1 aromatic heterocycles. The second kappa shape index (κ2) is 7.66. The standard InChI is InChI=1S/C22H24N2O3/c1-13(2)18-11-19-16(12-27-20(19)9-14(18)3)10-21(25)24-17-7-5-15(6-8-17)22(26)23-4/h5-9,11-13H,10H2,1-4H3,(H,23,26)(H,24,25). The van der Waals surface area contributed by atoms with E-state index in [4.69, 9.17) is 4.42 Å². The molecule has 0 radical (unpaired) electrons. The van der Waals surface area contributed by atoms with Gasteiger partial charge in [0.2, 0.25) is 5.91 Å². The van der Waals surface area contributed by atoms with Gasteiger partial charge in [-0.15, -0.1) is 0 Å². The Morgan fingerprint density at radius 1 is 1.11 bits per heavy atom. The highest BCUT2D eigenvalue weighted by atomic mass is 16.3. The summed E-state index contributed by atoms with van der Waals surface area (Å²) in [5.41, 5.74) is 5.32. The smallest absolute Gasteiger partial charge is 0.251 e. The average Bonchev–Trinajstić information content (AvgIpc) is 3.02. The van der Waals surface area contributed by atoms with Crippen LogP contribution in [0.3, 0.4) is 0 Å². The van der Waals surface area contributed by atoms with Crippen LogP contribution in [0.4, 0.5) is 5.69 Å². The molecule has 0 aliphatic carbocycles. The molecule has 2 aromatic carbocycles. The van der Waals surface area contributed by atoms with E-state index in [0.29, 0.717) is 17.2 Å². The first-order valence-electron chi connectivity index (χ1n) is 9.01. The lowest BCUT2D eigenvalue weighted by molar-refractivity contribution is -0.115. The highest BCUT2D eigenvalue weighted by Crippen LogP contribution is 2.29. The third-order valence-electron chi connectivity index (χ3n) is 4.67. The molecule has 3 rings (SSSR count). The van der Waals surface area contributed by atoms with Gasteiger partial charge < -0.3 is 15.1 Å². The van der Waals surface area contributed by atoms with Gasteiger partial charge in [0.05, 0.1) is 12.7 Å². The van der Waals surface area contributed by atoms with Gasteiger partial charge >= 0.3 is 0 Å². The molecule has 2 amide bonds. The molecule has 0 bridgehead atoms. The van der Waals surface area contributed by atoms with Crippen molar-refractivity contribution in [1.29, 1.82) is 0 Å². The third-order valence-corrected chi connectivity index (χ3v) is 4.67. The second-order valence-electron chi connectivity index (χ2n) is 7.00. The van der Waals surface area contributed by atoms with Crippen molar-refractivity contribution in [2.24, 2.45) is 0 Å². The predicted octanol–water partition coefficient (Wildman–Crippen LogP) is 4.41. The van der Waals surface area contributed by atoms with Gasteiger partial charge in [-0.1, -0.05) is 13.8 Å². The van der Waals surface area contributed by atoms with E-state index < -0.39 is 0 Å². The maximum Gasteiger partial charge on any atom is 0.251 e. The number of rotatable bonds is 5. The Morgan fingerprint density at radius 2 is 1.81 bits per heavy atom. The van der Waals surface area contributed by atoms with Crippen molar-refractivity contribution < 1.29 is 14.0 Å². The molecule has 5 nitrogen and oxygen atoms in total. The molecule has 2 N–H and O–H groups in total. The molecular weight excluding hydrogens is 340 g/mol. The number of hydrogen-bond donors (Lipinski definition) is 2. The van der Waals surface area contributed by atoms with Crippen LogP contribution in [0.15, 0.2) is 47.1 Å². The van der Waals surface area contributed by atoms with Crippen molar-refractivity contribution in [2.75, 3.05) is 12.4 Å². The van der Waals surface area contributed by atoms with E-state index >= 15 is 0 Å². The Kier molecular flexibility index (Phi) is 5.31. The minimum atomic E-state index is -0.158. The molecule has 0 saturated carbocycles. The summed E-state index contributed by atoms with van der Waals surface area (Å²) in [4.78, 5) is 24.0. The number of hydrogen-bond acceptors (Lipinski definition) is 3. The number of amides is 2. The van der Waals surface area contributed by atoms with Crippen LogP contribution in [0.5, 0.6) is 0 Å². The maximum atomic E-state index is 12.5. The molecule has 0 saturated heterocycles. The van der Waals surface area contributed by atoms with Crippen LogP contribution in [0, 0.1) is 6.92 Å². The number of benzene rings is 2. The first-order valence-corrected chi connectivity index (χ1v) is 9.01. The minimum absolute atomic E-state index is 0.128. The third kappa shape index (κ3) is 4.03. The summed E-state index contributed by atoms with van der Waals surface area (Å²) < 4.78 is 5.65. The Hall–Kier alpha value is -3.08. The van der Waals surface area contributed by atoms with Crippen LogP contribution < -0.4 is 10.6 Å². The zero-order valence-corrected chi connectivity index (χ0v) is 16.1. The summed E-state index contributed by atoms with van der Waals surface area (Å²) in [5, 5.41) is 6.41. The summed E-state index contributed by atoms with van der Waals surface area (Å²) in [6, 6.07) is 11.0. The molecule has 0 atom stereocenters. The number of carbonyl (C=O) groups is 2. The van der Waals surface area contributed by atoms with Gasteiger partial charge in [-0.25, -0.2) is 0 Å². The number of furan rings is 1. The van der Waals surface area contributed by atoms with Gasteiger partial charge in [0.1, 0.15) is 5.58 Å². The molecular formula is C22H24N2O3. The van der Waals surface area contributed by atoms with E-state index in [9.17, 15) is 9.59 Å². The van der Waals surface area contributed by atoms with E-state index in [0.717, 1.165) is 16.5 Å². The molecule has 5 heteroatoms. The molecule has 27 heavy (non-hydrogen) atoms. The van der Waals surface area contributed by atoms with Crippen LogP contribution in [0.25, 0.3) is 11.0 Å². The summed E-state index contributed by atoms with van der Waals surface area (Å²) in [7, 11) is 1.58. The first-order chi connectivity index (χ1) is 12.9. The molecule has 0 aliphatic heterocycles. The molecule has 0 fully saturated rings. The molecule has 0 aliphatic rings. The van der Waals surface area contributed by atoms with Gasteiger partial charge in [-0.2, -0.15) is 0 Å². The first kappa shape index (κ1) is 18.7. The monoisotopic (exact) mass is 364 g/mol. The number of aryl methyl sites for hydroxylation is 1. The zero-order valence-electron chi connectivity index (χ0n) is 16.1.